The topological polar surface area (TPSA) is 75.6 Å². The van der Waals surface area contributed by atoms with Crippen molar-refractivity contribution in [2.24, 2.45) is 0 Å². The molecule has 27 heavy (non-hydrogen) atoms. The van der Waals surface area contributed by atoms with Gasteiger partial charge in [0.05, 0.1) is 10.6 Å². The van der Waals surface area contributed by atoms with Gasteiger partial charge in [-0.3, -0.25) is 4.79 Å². The van der Waals surface area contributed by atoms with Crippen LogP contribution in [0.5, 0.6) is 5.75 Å². The maximum atomic E-state index is 12.7. The zero-order valence-corrected chi connectivity index (χ0v) is 16.4. The first kappa shape index (κ1) is 19.6. The van der Waals surface area contributed by atoms with Crippen LogP contribution in [-0.2, 0) is 0 Å². The lowest BCUT2D eigenvalue weighted by atomic mass is 9.96. The minimum atomic E-state index is -0.994. The van der Waals surface area contributed by atoms with Crippen LogP contribution in [0.1, 0.15) is 41.0 Å². The van der Waals surface area contributed by atoms with Crippen molar-refractivity contribution in [3.05, 3.63) is 52.6 Å². The summed E-state index contributed by atoms with van der Waals surface area (Å²) >= 11 is 6.16. The van der Waals surface area contributed by atoms with E-state index in [1.165, 1.54) is 0 Å². The van der Waals surface area contributed by atoms with Crippen LogP contribution in [0.4, 0.5) is 0 Å². The number of aromatic nitrogens is 2. The number of aliphatic hydroxyl groups is 1. The van der Waals surface area contributed by atoms with Crippen LogP contribution >= 0.6 is 11.6 Å². The van der Waals surface area contributed by atoms with Crippen LogP contribution < -0.4 is 4.74 Å². The number of ether oxygens (including phenoxy) is 1. The summed E-state index contributed by atoms with van der Waals surface area (Å²) in [6.07, 6.45) is 4.79. The molecule has 0 radical (unpaired) electrons. The van der Waals surface area contributed by atoms with Crippen LogP contribution in [0.3, 0.4) is 0 Å². The third-order valence-electron chi connectivity index (χ3n) is 4.82. The highest BCUT2D eigenvalue weighted by atomic mass is 35.5. The Bertz CT molecular complexity index is 813. The number of rotatable bonds is 4. The van der Waals surface area contributed by atoms with Crippen molar-refractivity contribution in [3.8, 4) is 5.75 Å². The molecule has 0 saturated carbocycles. The molecule has 1 saturated heterocycles. The minimum Gasteiger partial charge on any atom is -0.489 e. The predicted octanol–water partition coefficient (Wildman–Crippen LogP) is 3.18. The van der Waals surface area contributed by atoms with Crippen LogP contribution in [0.25, 0.3) is 0 Å². The highest BCUT2D eigenvalue weighted by Crippen LogP contribution is 2.29. The quantitative estimate of drug-likeness (QED) is 0.869. The highest BCUT2D eigenvalue weighted by molar-refractivity contribution is 6.32. The SMILES string of the molecule is Cc1ccc(Cl)c(OCC2(O)CCCN(C(=O)c3cnc(C)nc3)CC2)c1. The molecule has 1 aliphatic rings. The summed E-state index contributed by atoms with van der Waals surface area (Å²) in [5, 5.41) is 11.5. The van der Waals surface area contributed by atoms with Gasteiger partial charge in [0.1, 0.15) is 23.8 Å². The highest BCUT2D eigenvalue weighted by Gasteiger charge is 2.33. The Morgan fingerprint density at radius 2 is 2.00 bits per heavy atom. The number of amides is 1. The molecule has 0 bridgehead atoms. The summed E-state index contributed by atoms with van der Waals surface area (Å²) in [6, 6.07) is 5.55. The lowest BCUT2D eigenvalue weighted by molar-refractivity contribution is -0.0163. The van der Waals surface area contributed by atoms with E-state index in [0.717, 1.165) is 5.56 Å². The molecule has 1 aliphatic heterocycles. The van der Waals surface area contributed by atoms with Crippen molar-refractivity contribution in [3.63, 3.8) is 0 Å². The van der Waals surface area contributed by atoms with Gasteiger partial charge in [0.15, 0.2) is 0 Å². The Morgan fingerprint density at radius 3 is 2.74 bits per heavy atom. The summed E-state index contributed by atoms with van der Waals surface area (Å²) in [5.41, 5.74) is 0.513. The van der Waals surface area contributed by atoms with E-state index in [-0.39, 0.29) is 12.5 Å². The second kappa shape index (κ2) is 8.23. The molecule has 1 fully saturated rings. The Labute approximate surface area is 164 Å². The van der Waals surface area contributed by atoms with E-state index in [9.17, 15) is 9.90 Å². The number of carbonyl (C=O) groups is 1. The van der Waals surface area contributed by atoms with Crippen molar-refractivity contribution in [2.45, 2.75) is 38.7 Å². The van der Waals surface area contributed by atoms with Gasteiger partial charge in [0.25, 0.3) is 5.91 Å². The third kappa shape index (κ3) is 4.96. The maximum absolute atomic E-state index is 12.7. The molecule has 1 unspecified atom stereocenters. The van der Waals surface area contributed by atoms with E-state index in [1.807, 2.05) is 19.1 Å². The van der Waals surface area contributed by atoms with Gasteiger partial charge in [-0.1, -0.05) is 17.7 Å². The van der Waals surface area contributed by atoms with Gasteiger partial charge in [-0.05, 0) is 50.8 Å². The first-order chi connectivity index (χ1) is 12.9. The smallest absolute Gasteiger partial charge is 0.256 e. The molecule has 2 heterocycles. The fourth-order valence-electron chi connectivity index (χ4n) is 3.15. The second-order valence-corrected chi connectivity index (χ2v) is 7.52. The molecule has 0 aliphatic carbocycles. The molecule has 3 rings (SSSR count). The Kier molecular flexibility index (Phi) is 5.97. The predicted molar refractivity (Wildman–Crippen MR) is 103 cm³/mol. The van der Waals surface area contributed by atoms with Crippen molar-refractivity contribution in [2.75, 3.05) is 19.7 Å². The minimum absolute atomic E-state index is 0.109. The normalized spacial score (nSPS) is 20.2. The molecule has 1 aromatic heterocycles. The number of hydrogen-bond donors (Lipinski definition) is 1. The van der Waals surface area contributed by atoms with Crippen LogP contribution in [0, 0.1) is 13.8 Å². The first-order valence-electron chi connectivity index (χ1n) is 9.06. The van der Waals surface area contributed by atoms with Crippen LogP contribution in [0.2, 0.25) is 5.02 Å². The molecule has 7 heteroatoms. The summed E-state index contributed by atoms with van der Waals surface area (Å²) in [7, 11) is 0. The van der Waals surface area contributed by atoms with Gasteiger partial charge in [-0.15, -0.1) is 0 Å². The average Bonchev–Trinajstić information content (AvgIpc) is 2.85. The van der Waals surface area contributed by atoms with Crippen molar-refractivity contribution >= 4 is 17.5 Å². The summed E-state index contributed by atoms with van der Waals surface area (Å²) in [4.78, 5) is 22.6. The summed E-state index contributed by atoms with van der Waals surface area (Å²) in [5.74, 6) is 1.09. The zero-order chi connectivity index (χ0) is 19.4. The van der Waals surface area contributed by atoms with Crippen molar-refractivity contribution in [1.82, 2.24) is 14.9 Å². The molecule has 0 spiro atoms. The molecule has 1 N–H and O–H groups in total. The largest absolute Gasteiger partial charge is 0.489 e. The molecular formula is C20H24ClN3O3. The first-order valence-corrected chi connectivity index (χ1v) is 9.43. The monoisotopic (exact) mass is 389 g/mol. The molecule has 144 valence electrons. The fraction of sp³-hybridized carbons (Fsp3) is 0.450. The van der Waals surface area contributed by atoms with Gasteiger partial charge < -0.3 is 14.7 Å². The lowest BCUT2D eigenvalue weighted by Crippen LogP contribution is -2.38. The number of halogens is 1. The van der Waals surface area contributed by atoms with E-state index in [2.05, 4.69) is 9.97 Å². The number of aryl methyl sites for hydroxylation is 2. The van der Waals surface area contributed by atoms with E-state index >= 15 is 0 Å². The van der Waals surface area contributed by atoms with Gasteiger partial charge >= 0.3 is 0 Å². The van der Waals surface area contributed by atoms with Crippen molar-refractivity contribution in [1.29, 1.82) is 0 Å². The second-order valence-electron chi connectivity index (χ2n) is 7.11. The summed E-state index contributed by atoms with van der Waals surface area (Å²) < 4.78 is 5.80. The number of carbonyl (C=O) groups excluding carboxylic acids is 1. The molecule has 1 amide bonds. The Balaban J connectivity index is 1.62. The van der Waals surface area contributed by atoms with E-state index in [0.29, 0.717) is 54.5 Å². The zero-order valence-electron chi connectivity index (χ0n) is 15.6. The molecule has 1 atom stereocenters. The number of hydrogen-bond acceptors (Lipinski definition) is 5. The van der Waals surface area contributed by atoms with Gasteiger partial charge in [-0.2, -0.15) is 0 Å². The maximum Gasteiger partial charge on any atom is 0.256 e. The third-order valence-corrected chi connectivity index (χ3v) is 5.13. The Morgan fingerprint density at radius 1 is 1.26 bits per heavy atom. The van der Waals surface area contributed by atoms with E-state index < -0.39 is 5.60 Å². The molecule has 2 aromatic rings. The van der Waals surface area contributed by atoms with Gasteiger partial charge in [-0.25, -0.2) is 9.97 Å². The number of benzene rings is 1. The van der Waals surface area contributed by atoms with E-state index in [1.54, 1.807) is 30.3 Å². The van der Waals surface area contributed by atoms with Crippen LogP contribution in [0.15, 0.2) is 30.6 Å². The lowest BCUT2D eigenvalue weighted by Gasteiger charge is -2.27. The van der Waals surface area contributed by atoms with Crippen molar-refractivity contribution < 1.29 is 14.6 Å². The standard InChI is InChI=1S/C20H24ClN3O3/c1-14-4-5-17(21)18(10-14)27-13-20(26)6-3-8-24(9-7-20)19(25)16-11-22-15(2)23-12-16/h4-5,10-12,26H,3,6-9,13H2,1-2H3. The van der Waals surface area contributed by atoms with Gasteiger partial charge in [0.2, 0.25) is 0 Å². The van der Waals surface area contributed by atoms with Crippen LogP contribution in [-0.4, -0.2) is 51.2 Å². The van der Waals surface area contributed by atoms with E-state index in [4.69, 9.17) is 16.3 Å². The van der Waals surface area contributed by atoms with Gasteiger partial charge in [0, 0.05) is 25.5 Å². The Hall–Kier alpha value is -2.18. The fourth-order valence-corrected chi connectivity index (χ4v) is 3.32. The molecule has 1 aromatic carbocycles. The number of likely N-dealkylation sites (tertiary alicyclic amines) is 1. The molecular weight excluding hydrogens is 366 g/mol. The number of nitrogens with zero attached hydrogens (tertiary/aromatic N) is 3. The average molecular weight is 390 g/mol. The summed E-state index contributed by atoms with van der Waals surface area (Å²) in [6.45, 7) is 4.92. The molecule has 6 nitrogen and oxygen atoms in total.